The van der Waals surface area contributed by atoms with Crippen LogP contribution in [0, 0.1) is 5.92 Å². The Morgan fingerprint density at radius 1 is 1.31 bits per heavy atom. The number of nitrogens with one attached hydrogen (secondary N) is 1. The molecule has 1 amide bonds. The van der Waals surface area contributed by atoms with Gasteiger partial charge in [0.15, 0.2) is 0 Å². The maximum Gasteiger partial charge on any atom is 0.326 e. The van der Waals surface area contributed by atoms with Crippen molar-refractivity contribution in [1.29, 1.82) is 0 Å². The van der Waals surface area contributed by atoms with Gasteiger partial charge in [-0.1, -0.05) is 19.3 Å². The molecule has 5 nitrogen and oxygen atoms in total. The van der Waals surface area contributed by atoms with Gasteiger partial charge in [0.05, 0.1) is 0 Å². The number of hydrogen-bond acceptors (Lipinski definition) is 3. The van der Waals surface area contributed by atoms with Crippen molar-refractivity contribution in [1.82, 2.24) is 5.32 Å². The predicted octanol–water partition coefficient (Wildman–Crippen LogP) is 0.485. The first-order chi connectivity index (χ1) is 7.65. The summed E-state index contributed by atoms with van der Waals surface area (Å²) in [7, 11) is 0. The molecule has 0 aromatic heterocycles. The zero-order chi connectivity index (χ0) is 12.0. The summed E-state index contributed by atoms with van der Waals surface area (Å²) < 4.78 is 0. The van der Waals surface area contributed by atoms with Crippen LogP contribution in [0.4, 0.5) is 0 Å². The summed E-state index contributed by atoms with van der Waals surface area (Å²) in [5, 5.41) is 11.7. The number of carbonyl (C=O) groups excluding carboxylic acids is 1. The Labute approximate surface area is 95.4 Å². The van der Waals surface area contributed by atoms with Crippen molar-refractivity contribution in [3.05, 3.63) is 0 Å². The highest BCUT2D eigenvalue weighted by Gasteiger charge is 2.30. The number of hydrogen-bond donors (Lipinski definition) is 3. The monoisotopic (exact) mass is 228 g/mol. The number of carboxylic acid groups (broad SMARTS) is 1. The van der Waals surface area contributed by atoms with Crippen molar-refractivity contribution >= 4 is 11.9 Å². The lowest BCUT2D eigenvalue weighted by molar-refractivity contribution is -0.143. The average molecular weight is 228 g/mol. The van der Waals surface area contributed by atoms with Crippen LogP contribution in [0.3, 0.4) is 0 Å². The Balaban J connectivity index is 2.52. The summed E-state index contributed by atoms with van der Waals surface area (Å²) in [6, 6.07) is -0.737. The summed E-state index contributed by atoms with van der Waals surface area (Å²) in [5.74, 6) is -1.12. The van der Waals surface area contributed by atoms with Gasteiger partial charge < -0.3 is 16.2 Å². The van der Waals surface area contributed by atoms with Crippen LogP contribution in [0.25, 0.3) is 0 Å². The second-order valence-corrected chi connectivity index (χ2v) is 4.32. The van der Waals surface area contributed by atoms with E-state index in [0.717, 1.165) is 25.7 Å². The van der Waals surface area contributed by atoms with Crippen molar-refractivity contribution in [3.63, 3.8) is 0 Å². The van der Waals surface area contributed by atoms with Gasteiger partial charge in [0, 0.05) is 13.0 Å². The molecule has 1 aliphatic rings. The van der Waals surface area contributed by atoms with Gasteiger partial charge in [0.1, 0.15) is 6.04 Å². The van der Waals surface area contributed by atoms with Gasteiger partial charge in [-0.2, -0.15) is 0 Å². The standard InChI is InChI=1S/C11H20N2O3/c12-7-6-9(14)13-10(11(15)16)8-4-2-1-3-5-8/h8,10H,1-7,12H2,(H,13,14)(H,15,16). The Hall–Kier alpha value is -1.10. The number of amides is 1. The van der Waals surface area contributed by atoms with Gasteiger partial charge in [0.2, 0.25) is 5.91 Å². The van der Waals surface area contributed by atoms with E-state index in [1.165, 1.54) is 6.42 Å². The second kappa shape index (κ2) is 6.48. The summed E-state index contributed by atoms with van der Waals surface area (Å²) in [6.07, 6.45) is 5.25. The normalized spacial score (nSPS) is 19.1. The molecule has 0 aromatic carbocycles. The van der Waals surface area contributed by atoms with E-state index in [9.17, 15) is 9.59 Å². The van der Waals surface area contributed by atoms with Crippen molar-refractivity contribution in [2.24, 2.45) is 11.7 Å². The fraction of sp³-hybridized carbons (Fsp3) is 0.818. The van der Waals surface area contributed by atoms with Crippen LogP contribution in [-0.2, 0) is 9.59 Å². The Morgan fingerprint density at radius 2 is 1.94 bits per heavy atom. The van der Waals surface area contributed by atoms with Crippen molar-refractivity contribution < 1.29 is 14.7 Å². The predicted molar refractivity (Wildman–Crippen MR) is 59.8 cm³/mol. The first kappa shape index (κ1) is 13.0. The molecular weight excluding hydrogens is 208 g/mol. The highest BCUT2D eigenvalue weighted by molar-refractivity contribution is 5.83. The number of rotatable bonds is 5. The largest absolute Gasteiger partial charge is 0.480 e. The summed E-state index contributed by atoms with van der Waals surface area (Å²) >= 11 is 0. The van der Waals surface area contributed by atoms with Crippen LogP contribution < -0.4 is 11.1 Å². The molecule has 1 atom stereocenters. The third-order valence-electron chi connectivity index (χ3n) is 3.08. The van der Waals surface area contributed by atoms with Crippen LogP contribution in [-0.4, -0.2) is 29.6 Å². The molecule has 0 bridgehead atoms. The Bertz CT molecular complexity index is 248. The van der Waals surface area contributed by atoms with E-state index in [4.69, 9.17) is 10.8 Å². The lowest BCUT2D eigenvalue weighted by Crippen LogP contribution is -2.46. The van der Waals surface area contributed by atoms with E-state index in [1.54, 1.807) is 0 Å². The third kappa shape index (κ3) is 3.81. The van der Waals surface area contributed by atoms with E-state index >= 15 is 0 Å². The minimum Gasteiger partial charge on any atom is -0.480 e. The van der Waals surface area contributed by atoms with Gasteiger partial charge in [-0.05, 0) is 18.8 Å². The maximum absolute atomic E-state index is 11.3. The molecule has 1 saturated carbocycles. The van der Waals surface area contributed by atoms with Crippen molar-refractivity contribution in [2.45, 2.75) is 44.6 Å². The van der Waals surface area contributed by atoms with Crippen LogP contribution in [0.1, 0.15) is 38.5 Å². The van der Waals surface area contributed by atoms with Gasteiger partial charge in [-0.3, -0.25) is 4.79 Å². The molecule has 0 heterocycles. The number of nitrogens with two attached hydrogens (primary N) is 1. The molecule has 0 radical (unpaired) electrons. The third-order valence-corrected chi connectivity index (χ3v) is 3.08. The van der Waals surface area contributed by atoms with E-state index < -0.39 is 12.0 Å². The van der Waals surface area contributed by atoms with E-state index in [-0.39, 0.29) is 24.8 Å². The first-order valence-corrected chi connectivity index (χ1v) is 5.87. The fourth-order valence-corrected chi connectivity index (χ4v) is 2.23. The molecule has 5 heteroatoms. The smallest absolute Gasteiger partial charge is 0.326 e. The molecule has 92 valence electrons. The molecule has 1 unspecified atom stereocenters. The summed E-state index contributed by atoms with van der Waals surface area (Å²) in [5.41, 5.74) is 5.25. The maximum atomic E-state index is 11.3. The fourth-order valence-electron chi connectivity index (χ4n) is 2.23. The molecule has 0 aliphatic heterocycles. The minimum absolute atomic E-state index is 0.0768. The van der Waals surface area contributed by atoms with E-state index in [2.05, 4.69) is 5.32 Å². The lowest BCUT2D eigenvalue weighted by atomic mass is 9.84. The Morgan fingerprint density at radius 3 is 2.44 bits per heavy atom. The number of aliphatic carboxylic acids is 1. The zero-order valence-electron chi connectivity index (χ0n) is 9.45. The number of carboxylic acids is 1. The van der Waals surface area contributed by atoms with Crippen LogP contribution >= 0.6 is 0 Å². The highest BCUT2D eigenvalue weighted by atomic mass is 16.4. The van der Waals surface area contributed by atoms with Gasteiger partial charge >= 0.3 is 5.97 Å². The van der Waals surface area contributed by atoms with Gasteiger partial charge in [-0.25, -0.2) is 4.79 Å². The van der Waals surface area contributed by atoms with Crippen LogP contribution in [0.2, 0.25) is 0 Å². The van der Waals surface area contributed by atoms with Crippen molar-refractivity contribution in [2.75, 3.05) is 6.54 Å². The molecule has 4 N–H and O–H groups in total. The van der Waals surface area contributed by atoms with Gasteiger partial charge in [0.25, 0.3) is 0 Å². The highest BCUT2D eigenvalue weighted by Crippen LogP contribution is 2.26. The van der Waals surface area contributed by atoms with Gasteiger partial charge in [-0.15, -0.1) is 0 Å². The topological polar surface area (TPSA) is 92.4 Å². The molecular formula is C11H20N2O3. The molecule has 1 aliphatic carbocycles. The van der Waals surface area contributed by atoms with E-state index in [0.29, 0.717) is 0 Å². The quantitative estimate of drug-likeness (QED) is 0.638. The van der Waals surface area contributed by atoms with E-state index in [1.807, 2.05) is 0 Å². The first-order valence-electron chi connectivity index (χ1n) is 5.87. The molecule has 1 fully saturated rings. The van der Waals surface area contributed by atoms with Crippen LogP contribution in [0.15, 0.2) is 0 Å². The van der Waals surface area contributed by atoms with Crippen LogP contribution in [0.5, 0.6) is 0 Å². The lowest BCUT2D eigenvalue weighted by Gasteiger charge is -2.27. The summed E-state index contributed by atoms with van der Waals surface area (Å²) in [6.45, 7) is 0.253. The number of carbonyl (C=O) groups is 2. The average Bonchev–Trinajstić information content (AvgIpc) is 2.27. The Kier molecular flexibility index (Phi) is 5.25. The SMILES string of the molecule is NCCC(=O)NC(C(=O)O)C1CCCCC1. The van der Waals surface area contributed by atoms with Crippen molar-refractivity contribution in [3.8, 4) is 0 Å². The zero-order valence-corrected chi connectivity index (χ0v) is 9.45. The molecule has 0 aromatic rings. The minimum atomic E-state index is -0.933. The molecule has 1 rings (SSSR count). The molecule has 0 saturated heterocycles. The molecule has 0 spiro atoms. The molecule has 16 heavy (non-hydrogen) atoms. The second-order valence-electron chi connectivity index (χ2n) is 4.32. The summed E-state index contributed by atoms with van der Waals surface area (Å²) in [4.78, 5) is 22.4.